The number of hydrogen-bond acceptors (Lipinski definition) is 4. The fourth-order valence-corrected chi connectivity index (χ4v) is 4.35. The number of aromatic nitrogens is 1. The Bertz CT molecular complexity index is 1140. The molecule has 146 valence electrons. The van der Waals surface area contributed by atoms with Gasteiger partial charge in [-0.2, -0.15) is 0 Å². The predicted molar refractivity (Wildman–Crippen MR) is 108 cm³/mol. The summed E-state index contributed by atoms with van der Waals surface area (Å²) in [5.41, 5.74) is 2.85. The van der Waals surface area contributed by atoms with Crippen molar-refractivity contribution in [2.24, 2.45) is 5.14 Å². The van der Waals surface area contributed by atoms with Crippen molar-refractivity contribution in [3.63, 3.8) is 0 Å². The Labute approximate surface area is 167 Å². The number of benzene rings is 2. The first-order valence-electron chi connectivity index (χ1n) is 8.41. The van der Waals surface area contributed by atoms with E-state index in [4.69, 9.17) is 5.14 Å². The van der Waals surface area contributed by atoms with Gasteiger partial charge in [-0.05, 0) is 56.3 Å². The number of aryl methyl sites for hydroxylation is 1. The molecule has 3 rings (SSSR count). The lowest BCUT2D eigenvalue weighted by atomic mass is 10.2. The topological polar surface area (TPSA) is 82.2 Å². The Morgan fingerprint density at radius 3 is 2.36 bits per heavy atom. The van der Waals surface area contributed by atoms with Crippen LogP contribution in [0.1, 0.15) is 21.7 Å². The number of halogens is 1. The number of nitrogens with zero attached hydrogens (tertiary/aromatic N) is 1. The fourth-order valence-electron chi connectivity index (χ4n) is 3.01. The van der Waals surface area contributed by atoms with Gasteiger partial charge in [0.05, 0.1) is 10.6 Å². The number of nitrogens with two attached hydrogens (primary N) is 1. The molecule has 1 aromatic heterocycles. The summed E-state index contributed by atoms with van der Waals surface area (Å²) in [6.45, 7) is 3.68. The first-order chi connectivity index (χ1) is 13.2. The van der Waals surface area contributed by atoms with Crippen molar-refractivity contribution in [1.29, 1.82) is 0 Å². The maximum atomic E-state index is 13.7. The highest BCUT2D eigenvalue weighted by Crippen LogP contribution is 2.26. The molecule has 0 aliphatic rings. The van der Waals surface area contributed by atoms with Crippen LogP contribution < -0.4 is 5.14 Å². The molecule has 0 saturated heterocycles. The molecule has 1 heterocycles. The van der Waals surface area contributed by atoms with Gasteiger partial charge in [0.15, 0.2) is 5.78 Å². The van der Waals surface area contributed by atoms with Crippen molar-refractivity contribution in [3.05, 3.63) is 77.4 Å². The molecular formula is C20H19FN2O3S2. The second kappa shape index (κ2) is 7.90. The standard InChI is InChI=1S/C20H19FN2O3S2/c1-13-11-17(19(24)12-27-20-6-4-3-5-18(20)21)14(2)23(13)15-7-9-16(10-8-15)28(22,25)26/h3-11H,12H2,1-2H3,(H2,22,25,26). The molecule has 8 heteroatoms. The van der Waals surface area contributed by atoms with Crippen molar-refractivity contribution in [3.8, 4) is 5.69 Å². The average Bonchev–Trinajstić information content (AvgIpc) is 2.94. The van der Waals surface area contributed by atoms with Crippen molar-refractivity contribution < 1.29 is 17.6 Å². The molecule has 0 bridgehead atoms. The van der Waals surface area contributed by atoms with E-state index < -0.39 is 10.0 Å². The molecule has 5 nitrogen and oxygen atoms in total. The lowest BCUT2D eigenvalue weighted by molar-refractivity contribution is 0.102. The number of thioether (sulfide) groups is 1. The Morgan fingerprint density at radius 2 is 1.75 bits per heavy atom. The van der Waals surface area contributed by atoms with Gasteiger partial charge in [-0.15, -0.1) is 11.8 Å². The maximum Gasteiger partial charge on any atom is 0.238 e. The Balaban J connectivity index is 1.85. The van der Waals surface area contributed by atoms with Crippen LogP contribution in [0, 0.1) is 19.7 Å². The van der Waals surface area contributed by atoms with Crippen LogP contribution in [0.25, 0.3) is 5.69 Å². The number of hydrogen-bond donors (Lipinski definition) is 1. The van der Waals surface area contributed by atoms with E-state index in [2.05, 4.69) is 0 Å². The van der Waals surface area contributed by atoms with Crippen LogP contribution in [-0.4, -0.2) is 24.5 Å². The molecule has 2 N–H and O–H groups in total. The maximum absolute atomic E-state index is 13.7. The van der Waals surface area contributed by atoms with Crippen molar-refractivity contribution in [2.45, 2.75) is 23.6 Å². The minimum absolute atomic E-state index is 0.0244. The van der Waals surface area contributed by atoms with Gasteiger partial charge >= 0.3 is 0 Å². The third-order valence-electron chi connectivity index (χ3n) is 4.35. The summed E-state index contributed by atoms with van der Waals surface area (Å²) in [7, 11) is -3.76. The van der Waals surface area contributed by atoms with Crippen molar-refractivity contribution in [2.75, 3.05) is 5.75 Å². The fraction of sp³-hybridized carbons (Fsp3) is 0.150. The van der Waals surface area contributed by atoms with E-state index in [1.54, 1.807) is 36.4 Å². The normalized spacial score (nSPS) is 11.6. The van der Waals surface area contributed by atoms with E-state index >= 15 is 0 Å². The number of carbonyl (C=O) groups excluding carboxylic acids is 1. The van der Waals surface area contributed by atoms with Crippen LogP contribution in [0.5, 0.6) is 0 Å². The zero-order valence-electron chi connectivity index (χ0n) is 15.3. The Morgan fingerprint density at radius 1 is 1.11 bits per heavy atom. The minimum Gasteiger partial charge on any atom is -0.318 e. The van der Waals surface area contributed by atoms with E-state index in [1.165, 1.54) is 18.2 Å². The zero-order valence-corrected chi connectivity index (χ0v) is 17.0. The summed E-state index contributed by atoms with van der Waals surface area (Å²) in [5.74, 6) is -0.329. The van der Waals surface area contributed by atoms with Gasteiger partial charge in [-0.1, -0.05) is 12.1 Å². The van der Waals surface area contributed by atoms with Gasteiger partial charge in [0, 0.05) is 27.5 Å². The smallest absolute Gasteiger partial charge is 0.238 e. The van der Waals surface area contributed by atoms with E-state index in [1.807, 2.05) is 18.4 Å². The number of carbonyl (C=O) groups is 1. The van der Waals surface area contributed by atoms with E-state index in [0.29, 0.717) is 10.5 Å². The van der Waals surface area contributed by atoms with Crippen LogP contribution in [0.2, 0.25) is 0 Å². The van der Waals surface area contributed by atoms with E-state index in [-0.39, 0.29) is 22.2 Å². The average molecular weight is 419 g/mol. The van der Waals surface area contributed by atoms with Gasteiger partial charge in [0.25, 0.3) is 0 Å². The van der Waals surface area contributed by atoms with Crippen LogP contribution >= 0.6 is 11.8 Å². The van der Waals surface area contributed by atoms with E-state index in [9.17, 15) is 17.6 Å². The second-order valence-electron chi connectivity index (χ2n) is 6.30. The van der Waals surface area contributed by atoms with Crippen molar-refractivity contribution in [1.82, 2.24) is 4.57 Å². The second-order valence-corrected chi connectivity index (χ2v) is 8.88. The first-order valence-corrected chi connectivity index (χ1v) is 10.9. The van der Waals surface area contributed by atoms with Crippen LogP contribution in [0.4, 0.5) is 4.39 Å². The molecule has 0 fully saturated rings. The third kappa shape index (κ3) is 4.19. The van der Waals surface area contributed by atoms with Gasteiger partial charge in [-0.25, -0.2) is 17.9 Å². The molecule has 28 heavy (non-hydrogen) atoms. The van der Waals surface area contributed by atoms with Gasteiger partial charge in [0.2, 0.25) is 10.0 Å². The van der Waals surface area contributed by atoms with Gasteiger partial charge in [-0.3, -0.25) is 4.79 Å². The van der Waals surface area contributed by atoms with Crippen LogP contribution in [0.15, 0.2) is 64.4 Å². The van der Waals surface area contributed by atoms with Gasteiger partial charge < -0.3 is 4.57 Å². The van der Waals surface area contributed by atoms with Crippen LogP contribution in [0.3, 0.4) is 0 Å². The number of rotatable bonds is 6. The Hall–Kier alpha value is -2.42. The quantitative estimate of drug-likeness (QED) is 0.487. The highest BCUT2D eigenvalue weighted by atomic mass is 32.2. The number of sulfonamides is 1. The molecule has 0 saturated carbocycles. The molecular weight excluding hydrogens is 399 g/mol. The lowest BCUT2D eigenvalue weighted by Gasteiger charge is -2.10. The summed E-state index contributed by atoms with van der Waals surface area (Å²) in [5, 5.41) is 5.13. The van der Waals surface area contributed by atoms with Gasteiger partial charge in [0.1, 0.15) is 5.82 Å². The first kappa shape index (κ1) is 20.3. The molecule has 0 aliphatic heterocycles. The highest BCUT2D eigenvalue weighted by Gasteiger charge is 2.18. The summed E-state index contributed by atoms with van der Waals surface area (Å²) in [6, 6.07) is 14.3. The monoisotopic (exact) mass is 418 g/mol. The zero-order chi connectivity index (χ0) is 20.5. The summed E-state index contributed by atoms with van der Waals surface area (Å²) in [6.07, 6.45) is 0. The number of Topliss-reactive ketones (excluding diaryl/α,β-unsaturated/α-hetero) is 1. The van der Waals surface area contributed by atoms with Crippen LogP contribution in [-0.2, 0) is 10.0 Å². The molecule has 0 amide bonds. The lowest BCUT2D eigenvalue weighted by Crippen LogP contribution is -2.12. The minimum atomic E-state index is -3.76. The predicted octanol–water partition coefficient (Wildman–Crippen LogP) is 3.86. The van der Waals surface area contributed by atoms with E-state index in [0.717, 1.165) is 28.8 Å². The summed E-state index contributed by atoms with van der Waals surface area (Å²) in [4.78, 5) is 13.1. The Kier molecular flexibility index (Phi) is 5.74. The molecule has 0 spiro atoms. The molecule has 0 aliphatic carbocycles. The third-order valence-corrected chi connectivity index (χ3v) is 6.33. The number of ketones is 1. The molecule has 0 radical (unpaired) electrons. The highest BCUT2D eigenvalue weighted by molar-refractivity contribution is 8.00. The molecule has 3 aromatic rings. The molecule has 2 aromatic carbocycles. The summed E-state index contributed by atoms with van der Waals surface area (Å²) < 4.78 is 38.4. The number of primary sulfonamides is 1. The SMILES string of the molecule is Cc1cc(C(=O)CSc2ccccc2F)c(C)n1-c1ccc(S(N)(=O)=O)cc1. The molecule has 0 atom stereocenters. The summed E-state index contributed by atoms with van der Waals surface area (Å²) >= 11 is 1.16. The molecule has 0 unspecified atom stereocenters. The largest absolute Gasteiger partial charge is 0.318 e. The van der Waals surface area contributed by atoms with Crippen molar-refractivity contribution >= 4 is 27.6 Å².